The molecule has 8 nitrogen and oxygen atoms in total. The fourth-order valence-corrected chi connectivity index (χ4v) is 0.791. The quantitative estimate of drug-likeness (QED) is 0.513. The molecule has 0 saturated carbocycles. The molecule has 0 unspecified atom stereocenters. The SMILES string of the molecule is COC(=O)OCC(COC(=O)OC)OC(C)=O. The molecule has 0 amide bonds. The molecule has 0 N–H and O–H groups in total. The first kappa shape index (κ1) is 15.0. The van der Waals surface area contributed by atoms with Crippen LogP contribution < -0.4 is 0 Å². The number of hydrogen-bond donors (Lipinski definition) is 0. The maximum absolute atomic E-state index is 10.7. The van der Waals surface area contributed by atoms with Crippen LogP contribution in [0, 0.1) is 0 Å². The summed E-state index contributed by atoms with van der Waals surface area (Å²) in [4.78, 5) is 32.1. The van der Waals surface area contributed by atoms with Crippen LogP contribution in [0.4, 0.5) is 9.59 Å². The molecule has 0 aromatic heterocycles. The summed E-state index contributed by atoms with van der Waals surface area (Å²) in [6.07, 6.45) is -2.77. The van der Waals surface area contributed by atoms with Crippen molar-refractivity contribution < 1.29 is 38.1 Å². The Kier molecular flexibility index (Phi) is 7.24. The van der Waals surface area contributed by atoms with Gasteiger partial charge in [-0.15, -0.1) is 0 Å². The van der Waals surface area contributed by atoms with Crippen molar-refractivity contribution in [2.75, 3.05) is 27.4 Å². The maximum atomic E-state index is 10.7. The number of carbonyl (C=O) groups is 3. The highest BCUT2D eigenvalue weighted by atomic mass is 16.7. The van der Waals surface area contributed by atoms with Crippen molar-refractivity contribution in [1.29, 1.82) is 0 Å². The monoisotopic (exact) mass is 250 g/mol. The summed E-state index contributed by atoms with van der Waals surface area (Å²) in [5, 5.41) is 0. The average molecular weight is 250 g/mol. The smallest absolute Gasteiger partial charge is 0.455 e. The highest BCUT2D eigenvalue weighted by molar-refractivity contribution is 5.66. The molecule has 0 spiro atoms. The van der Waals surface area contributed by atoms with E-state index in [2.05, 4.69) is 18.9 Å². The fraction of sp³-hybridized carbons (Fsp3) is 0.667. The summed E-state index contributed by atoms with van der Waals surface area (Å²) < 4.78 is 22.3. The second-order valence-electron chi connectivity index (χ2n) is 2.76. The molecule has 0 aliphatic carbocycles. The normalized spacial score (nSPS) is 9.41. The number of rotatable bonds is 5. The number of hydrogen-bond acceptors (Lipinski definition) is 8. The third-order valence-corrected chi connectivity index (χ3v) is 1.44. The first-order valence-corrected chi connectivity index (χ1v) is 4.58. The fourth-order valence-electron chi connectivity index (χ4n) is 0.791. The van der Waals surface area contributed by atoms with E-state index in [1.165, 1.54) is 6.92 Å². The van der Waals surface area contributed by atoms with Crippen molar-refractivity contribution in [3.63, 3.8) is 0 Å². The van der Waals surface area contributed by atoms with Crippen molar-refractivity contribution in [2.45, 2.75) is 13.0 Å². The van der Waals surface area contributed by atoms with Crippen molar-refractivity contribution >= 4 is 18.3 Å². The molecule has 0 rings (SSSR count). The van der Waals surface area contributed by atoms with E-state index >= 15 is 0 Å². The van der Waals surface area contributed by atoms with Crippen LogP contribution in [0.1, 0.15) is 6.92 Å². The van der Waals surface area contributed by atoms with E-state index in [1.54, 1.807) is 0 Å². The van der Waals surface area contributed by atoms with Crippen molar-refractivity contribution in [2.24, 2.45) is 0 Å². The Morgan fingerprint density at radius 2 is 1.35 bits per heavy atom. The van der Waals surface area contributed by atoms with Gasteiger partial charge in [-0.1, -0.05) is 0 Å². The molecule has 98 valence electrons. The lowest BCUT2D eigenvalue weighted by molar-refractivity contribution is -0.151. The third-order valence-electron chi connectivity index (χ3n) is 1.44. The second kappa shape index (κ2) is 8.20. The Balaban J connectivity index is 4.09. The van der Waals surface area contributed by atoms with Crippen LogP contribution in [0.3, 0.4) is 0 Å². The van der Waals surface area contributed by atoms with Gasteiger partial charge >= 0.3 is 18.3 Å². The van der Waals surface area contributed by atoms with Gasteiger partial charge in [-0.25, -0.2) is 9.59 Å². The van der Waals surface area contributed by atoms with Crippen LogP contribution in [-0.2, 0) is 28.5 Å². The van der Waals surface area contributed by atoms with E-state index in [1.807, 2.05) is 0 Å². The van der Waals surface area contributed by atoms with Gasteiger partial charge in [0.05, 0.1) is 14.2 Å². The van der Waals surface area contributed by atoms with Gasteiger partial charge in [0.1, 0.15) is 13.2 Å². The lowest BCUT2D eigenvalue weighted by Gasteiger charge is -2.16. The molecule has 0 fully saturated rings. The Bertz CT molecular complexity index is 254. The van der Waals surface area contributed by atoms with Crippen LogP contribution in [0.2, 0.25) is 0 Å². The van der Waals surface area contributed by atoms with E-state index in [4.69, 9.17) is 4.74 Å². The van der Waals surface area contributed by atoms with Gasteiger partial charge in [0, 0.05) is 6.92 Å². The Labute approximate surface area is 97.7 Å². The van der Waals surface area contributed by atoms with Gasteiger partial charge in [-0.3, -0.25) is 4.79 Å². The number of ether oxygens (including phenoxy) is 5. The number of esters is 1. The molecule has 17 heavy (non-hydrogen) atoms. The van der Waals surface area contributed by atoms with Crippen LogP contribution >= 0.6 is 0 Å². The minimum absolute atomic E-state index is 0.288. The van der Waals surface area contributed by atoms with Gasteiger partial charge in [0.25, 0.3) is 0 Å². The number of carbonyl (C=O) groups excluding carboxylic acids is 3. The van der Waals surface area contributed by atoms with Crippen LogP contribution in [0.5, 0.6) is 0 Å². The minimum atomic E-state index is -0.930. The first-order chi connectivity index (χ1) is 7.99. The molecule has 0 bridgehead atoms. The van der Waals surface area contributed by atoms with Gasteiger partial charge in [-0.05, 0) is 0 Å². The zero-order chi connectivity index (χ0) is 13.3. The van der Waals surface area contributed by atoms with Gasteiger partial charge < -0.3 is 23.7 Å². The minimum Gasteiger partial charge on any atom is -0.455 e. The summed E-state index contributed by atoms with van der Waals surface area (Å²) >= 11 is 0. The zero-order valence-electron chi connectivity index (χ0n) is 9.76. The first-order valence-electron chi connectivity index (χ1n) is 4.58. The summed E-state index contributed by atoms with van der Waals surface area (Å²) in [7, 11) is 2.27. The van der Waals surface area contributed by atoms with Crippen LogP contribution in [0.25, 0.3) is 0 Å². The topological polar surface area (TPSA) is 97.4 Å². The molecule has 0 atom stereocenters. The molecule has 0 aromatic carbocycles. The summed E-state index contributed by atoms with van der Waals surface area (Å²) in [6, 6.07) is 0. The number of methoxy groups -OCH3 is 2. The van der Waals surface area contributed by atoms with E-state index in [-0.39, 0.29) is 13.2 Å². The predicted octanol–water partition coefficient (Wildman–Crippen LogP) is 0.484. The van der Waals surface area contributed by atoms with E-state index in [9.17, 15) is 14.4 Å². The second-order valence-corrected chi connectivity index (χ2v) is 2.76. The van der Waals surface area contributed by atoms with Crippen LogP contribution in [0.15, 0.2) is 0 Å². The molecule has 0 aliphatic heterocycles. The molecule has 0 radical (unpaired) electrons. The molecule has 0 saturated heterocycles. The highest BCUT2D eigenvalue weighted by Gasteiger charge is 2.17. The zero-order valence-corrected chi connectivity index (χ0v) is 9.76. The molecular weight excluding hydrogens is 236 g/mol. The van der Waals surface area contributed by atoms with Crippen molar-refractivity contribution in [3.8, 4) is 0 Å². The molecular formula is C9H14O8. The largest absolute Gasteiger partial charge is 0.508 e. The summed E-state index contributed by atoms with van der Waals surface area (Å²) in [6.45, 7) is 0.593. The Morgan fingerprint density at radius 3 is 1.65 bits per heavy atom. The third kappa shape index (κ3) is 7.88. The Hall–Kier alpha value is -1.99. The van der Waals surface area contributed by atoms with E-state index in [0.29, 0.717) is 0 Å². The predicted molar refractivity (Wildman–Crippen MR) is 52.3 cm³/mol. The van der Waals surface area contributed by atoms with E-state index < -0.39 is 24.4 Å². The summed E-state index contributed by atoms with van der Waals surface area (Å²) in [5.41, 5.74) is 0. The maximum Gasteiger partial charge on any atom is 0.508 e. The molecule has 8 heteroatoms. The average Bonchev–Trinajstić information content (AvgIpc) is 2.30. The molecule has 0 heterocycles. The highest BCUT2D eigenvalue weighted by Crippen LogP contribution is 1.98. The lowest BCUT2D eigenvalue weighted by Crippen LogP contribution is -2.30. The van der Waals surface area contributed by atoms with Gasteiger partial charge in [-0.2, -0.15) is 0 Å². The molecule has 0 aromatic rings. The summed E-state index contributed by atoms with van der Waals surface area (Å²) in [5.74, 6) is -0.600. The van der Waals surface area contributed by atoms with Gasteiger partial charge in [0.15, 0.2) is 6.10 Å². The van der Waals surface area contributed by atoms with Gasteiger partial charge in [0.2, 0.25) is 0 Å². The standard InChI is InChI=1S/C9H14O8/c1-6(10)17-7(4-15-8(11)13-2)5-16-9(12)14-3/h7H,4-5H2,1-3H3. The van der Waals surface area contributed by atoms with Crippen molar-refractivity contribution in [1.82, 2.24) is 0 Å². The van der Waals surface area contributed by atoms with Crippen molar-refractivity contribution in [3.05, 3.63) is 0 Å². The van der Waals surface area contributed by atoms with Crippen LogP contribution in [-0.4, -0.2) is 51.8 Å². The van der Waals surface area contributed by atoms with E-state index in [0.717, 1.165) is 14.2 Å². The molecule has 0 aliphatic rings. The lowest BCUT2D eigenvalue weighted by atomic mass is 10.4. The Morgan fingerprint density at radius 1 is 0.941 bits per heavy atom.